The first-order valence-corrected chi connectivity index (χ1v) is 7.41. The number of benzene rings is 1. The van der Waals surface area contributed by atoms with Gasteiger partial charge in [0.25, 0.3) is 0 Å². The van der Waals surface area contributed by atoms with Crippen molar-refractivity contribution in [1.82, 2.24) is 4.90 Å². The molecule has 1 aliphatic rings. The average Bonchev–Trinajstić information content (AvgIpc) is 2.50. The normalized spacial score (nSPS) is 17.0. The van der Waals surface area contributed by atoms with E-state index in [1.54, 1.807) is 11.1 Å². The van der Waals surface area contributed by atoms with Crippen LogP contribution in [-0.2, 0) is 19.3 Å². The van der Waals surface area contributed by atoms with Crippen LogP contribution in [0.25, 0.3) is 0 Å². The topological polar surface area (TPSA) is 3.24 Å². The summed E-state index contributed by atoms with van der Waals surface area (Å²) in [7, 11) is 0. The van der Waals surface area contributed by atoms with Gasteiger partial charge in [-0.25, -0.2) is 0 Å². The summed E-state index contributed by atoms with van der Waals surface area (Å²) in [5.41, 5.74) is 4.68. The Morgan fingerprint density at radius 2 is 1.67 bits per heavy atom. The fourth-order valence-corrected chi connectivity index (χ4v) is 2.91. The first-order valence-electron chi connectivity index (χ1n) is 7.41. The second kappa shape index (κ2) is 5.88. The third-order valence-corrected chi connectivity index (χ3v) is 3.98. The van der Waals surface area contributed by atoms with E-state index >= 15 is 0 Å². The number of nitrogens with zero attached hydrogens (tertiary/aromatic N) is 1. The van der Waals surface area contributed by atoms with Crippen molar-refractivity contribution < 1.29 is 0 Å². The highest BCUT2D eigenvalue weighted by molar-refractivity contribution is 5.33. The Labute approximate surface area is 112 Å². The summed E-state index contributed by atoms with van der Waals surface area (Å²) in [5, 5.41) is 0. The predicted molar refractivity (Wildman–Crippen MR) is 79.1 cm³/mol. The fraction of sp³-hybridized carbons (Fsp3) is 0.647. The van der Waals surface area contributed by atoms with E-state index in [0.717, 1.165) is 5.92 Å². The smallest absolute Gasteiger partial charge is 0.00388 e. The van der Waals surface area contributed by atoms with Crippen LogP contribution in [0.15, 0.2) is 18.2 Å². The van der Waals surface area contributed by atoms with Crippen LogP contribution in [0.1, 0.15) is 44.4 Å². The average molecular weight is 245 g/mol. The van der Waals surface area contributed by atoms with E-state index in [1.807, 2.05) is 0 Å². The molecule has 0 fully saturated rings. The fourth-order valence-electron chi connectivity index (χ4n) is 2.91. The molecular formula is C17H27N. The molecule has 1 aromatic carbocycles. The molecule has 0 aromatic heterocycles. The zero-order valence-electron chi connectivity index (χ0n) is 12.4. The predicted octanol–water partition coefficient (Wildman–Crippen LogP) is 3.69. The Hall–Kier alpha value is -0.820. The van der Waals surface area contributed by atoms with Gasteiger partial charge in [0.15, 0.2) is 0 Å². The van der Waals surface area contributed by atoms with Gasteiger partial charge in [0.05, 0.1) is 0 Å². The molecular weight excluding hydrogens is 218 g/mol. The molecule has 0 bridgehead atoms. The summed E-state index contributed by atoms with van der Waals surface area (Å²) in [6.45, 7) is 11.6. The zero-order chi connectivity index (χ0) is 13.1. The molecule has 0 saturated heterocycles. The molecule has 0 radical (unpaired) electrons. The second-order valence-electron chi connectivity index (χ2n) is 6.33. The Morgan fingerprint density at radius 1 is 1.00 bits per heavy atom. The number of rotatable bonds is 3. The summed E-state index contributed by atoms with van der Waals surface area (Å²) < 4.78 is 0. The van der Waals surface area contributed by atoms with Crippen LogP contribution >= 0.6 is 0 Å². The molecule has 18 heavy (non-hydrogen) atoms. The summed E-state index contributed by atoms with van der Waals surface area (Å²) in [4.78, 5) is 2.60. The lowest BCUT2D eigenvalue weighted by molar-refractivity contribution is 0.233. The van der Waals surface area contributed by atoms with Gasteiger partial charge in [-0.15, -0.1) is 0 Å². The molecule has 100 valence electrons. The summed E-state index contributed by atoms with van der Waals surface area (Å²) in [6, 6.07) is 7.84. The van der Waals surface area contributed by atoms with Gasteiger partial charge in [-0.1, -0.05) is 32.0 Å². The lowest BCUT2D eigenvalue weighted by Crippen LogP contribution is -2.32. The van der Waals surface area contributed by atoms with Gasteiger partial charge >= 0.3 is 0 Å². The molecule has 0 spiro atoms. The van der Waals surface area contributed by atoms with E-state index in [0.29, 0.717) is 6.04 Å². The van der Waals surface area contributed by atoms with E-state index < -0.39 is 0 Å². The minimum absolute atomic E-state index is 0.675. The van der Waals surface area contributed by atoms with Gasteiger partial charge in [0, 0.05) is 19.1 Å². The number of hydrogen-bond acceptors (Lipinski definition) is 1. The Balaban J connectivity index is 2.13. The van der Waals surface area contributed by atoms with E-state index in [9.17, 15) is 0 Å². The molecule has 0 amide bonds. The SMILES string of the molecule is CC(C)Cc1ccc2c(c1)CCN(C(C)C)CC2. The van der Waals surface area contributed by atoms with Crippen molar-refractivity contribution in [3.05, 3.63) is 34.9 Å². The van der Waals surface area contributed by atoms with E-state index in [-0.39, 0.29) is 0 Å². The third-order valence-electron chi connectivity index (χ3n) is 3.98. The van der Waals surface area contributed by atoms with Gasteiger partial charge in [-0.2, -0.15) is 0 Å². The summed E-state index contributed by atoms with van der Waals surface area (Å²) in [6.07, 6.45) is 3.65. The highest BCUT2D eigenvalue weighted by atomic mass is 15.1. The van der Waals surface area contributed by atoms with Crippen molar-refractivity contribution >= 4 is 0 Å². The van der Waals surface area contributed by atoms with Crippen molar-refractivity contribution in [1.29, 1.82) is 0 Å². The summed E-state index contributed by atoms with van der Waals surface area (Å²) in [5.74, 6) is 0.751. The van der Waals surface area contributed by atoms with Crippen LogP contribution in [0.4, 0.5) is 0 Å². The Kier molecular flexibility index (Phi) is 4.45. The van der Waals surface area contributed by atoms with Crippen LogP contribution in [0.2, 0.25) is 0 Å². The van der Waals surface area contributed by atoms with E-state index in [1.165, 1.54) is 37.9 Å². The number of fused-ring (bicyclic) bond motifs is 1. The highest BCUT2D eigenvalue weighted by Crippen LogP contribution is 2.20. The molecule has 1 aromatic rings. The van der Waals surface area contributed by atoms with Gasteiger partial charge in [-0.05, 0) is 55.7 Å². The Bertz CT molecular complexity index is 393. The molecule has 1 heterocycles. The largest absolute Gasteiger partial charge is 0.300 e. The van der Waals surface area contributed by atoms with Crippen molar-refractivity contribution in [3.63, 3.8) is 0 Å². The van der Waals surface area contributed by atoms with Gasteiger partial charge in [-0.3, -0.25) is 0 Å². The molecule has 1 heteroatoms. The van der Waals surface area contributed by atoms with Gasteiger partial charge < -0.3 is 4.90 Å². The molecule has 1 aliphatic heterocycles. The molecule has 0 unspecified atom stereocenters. The Morgan fingerprint density at radius 3 is 2.28 bits per heavy atom. The van der Waals surface area contributed by atoms with E-state index in [4.69, 9.17) is 0 Å². The third kappa shape index (κ3) is 3.35. The maximum absolute atomic E-state index is 2.60. The number of hydrogen-bond donors (Lipinski definition) is 0. The maximum Gasteiger partial charge on any atom is 0.00388 e. The molecule has 2 rings (SSSR count). The first-order chi connectivity index (χ1) is 8.56. The first kappa shape index (κ1) is 13.6. The van der Waals surface area contributed by atoms with E-state index in [2.05, 4.69) is 50.8 Å². The minimum atomic E-state index is 0.675. The van der Waals surface area contributed by atoms with Crippen LogP contribution in [0, 0.1) is 5.92 Å². The molecule has 1 nitrogen and oxygen atoms in total. The van der Waals surface area contributed by atoms with Crippen LogP contribution < -0.4 is 0 Å². The lowest BCUT2D eigenvalue weighted by atomic mass is 9.96. The van der Waals surface area contributed by atoms with Crippen molar-refractivity contribution in [2.45, 2.75) is 53.0 Å². The standard InChI is InChI=1S/C17H27N/c1-13(2)11-15-5-6-16-7-9-18(14(3)4)10-8-17(16)12-15/h5-6,12-14H,7-11H2,1-4H3. The monoisotopic (exact) mass is 245 g/mol. The molecule has 0 atom stereocenters. The minimum Gasteiger partial charge on any atom is -0.300 e. The molecule has 0 saturated carbocycles. The maximum atomic E-state index is 2.60. The van der Waals surface area contributed by atoms with Crippen molar-refractivity contribution in [2.24, 2.45) is 5.92 Å². The molecule has 0 N–H and O–H groups in total. The van der Waals surface area contributed by atoms with Crippen LogP contribution in [0.5, 0.6) is 0 Å². The quantitative estimate of drug-likeness (QED) is 0.785. The van der Waals surface area contributed by atoms with Gasteiger partial charge in [0.1, 0.15) is 0 Å². The van der Waals surface area contributed by atoms with Crippen molar-refractivity contribution in [3.8, 4) is 0 Å². The lowest BCUT2D eigenvalue weighted by Gasteiger charge is -2.23. The second-order valence-corrected chi connectivity index (χ2v) is 6.33. The van der Waals surface area contributed by atoms with Crippen LogP contribution in [-0.4, -0.2) is 24.0 Å². The van der Waals surface area contributed by atoms with Gasteiger partial charge in [0.2, 0.25) is 0 Å². The summed E-state index contributed by atoms with van der Waals surface area (Å²) >= 11 is 0. The zero-order valence-corrected chi connectivity index (χ0v) is 12.4. The highest BCUT2D eigenvalue weighted by Gasteiger charge is 2.16. The molecule has 0 aliphatic carbocycles. The van der Waals surface area contributed by atoms with Crippen molar-refractivity contribution in [2.75, 3.05) is 13.1 Å². The van der Waals surface area contributed by atoms with Crippen LogP contribution in [0.3, 0.4) is 0 Å².